The van der Waals surface area contributed by atoms with Gasteiger partial charge in [-0.25, -0.2) is 0 Å². The molecule has 0 aliphatic carbocycles. The monoisotopic (exact) mass is 927 g/mol. The maximum atomic E-state index is 13.4. The molecule has 2 heterocycles. The molecule has 2 aliphatic heterocycles. The van der Waals surface area contributed by atoms with Gasteiger partial charge in [0.25, 0.3) is 0 Å². The number of nitrogens with zero attached hydrogens (tertiary/aromatic N) is 1. The lowest BCUT2D eigenvalue weighted by Crippen LogP contribution is -2.71. The van der Waals surface area contributed by atoms with Crippen molar-refractivity contribution in [2.24, 2.45) is 0 Å². The minimum absolute atomic E-state index is 0.149. The number of hydrogen-bond acceptors (Lipinski definition) is 11. The van der Waals surface area contributed by atoms with Gasteiger partial charge in [0, 0.05) is 13.5 Å². The molecule has 2 saturated heterocycles. The second kappa shape index (κ2) is 20.2. The molecule has 57 heavy (non-hydrogen) atoms. The lowest BCUT2D eigenvalue weighted by atomic mass is 9.96. The van der Waals surface area contributed by atoms with E-state index >= 15 is 0 Å². The topological polar surface area (TPSA) is 113 Å². The maximum Gasteiger partial charge on any atom is 0.221 e. The molecule has 1 amide bonds. The summed E-state index contributed by atoms with van der Waals surface area (Å²) in [5, 5.41) is 0. The van der Waals surface area contributed by atoms with Crippen molar-refractivity contribution >= 4 is 64.1 Å². The van der Waals surface area contributed by atoms with Gasteiger partial charge in [-0.1, -0.05) is 6.08 Å². The molecule has 0 bridgehead atoms. The van der Waals surface area contributed by atoms with Crippen LogP contribution in [0.3, 0.4) is 0 Å². The smallest absolute Gasteiger partial charge is 0.221 e. The first kappa shape index (κ1) is 53.5. The highest BCUT2D eigenvalue weighted by Crippen LogP contribution is 2.39. The Labute approximate surface area is 355 Å². The van der Waals surface area contributed by atoms with Crippen molar-refractivity contribution in [2.45, 2.75) is 206 Å². The third-order valence-electron chi connectivity index (χ3n) is 8.34. The van der Waals surface area contributed by atoms with E-state index in [1.807, 2.05) is 0 Å². The van der Waals surface area contributed by atoms with Gasteiger partial charge in [-0.2, -0.15) is 0 Å². The summed E-state index contributed by atoms with van der Waals surface area (Å²) < 4.78 is 70.6. The molecule has 2 fully saturated rings. The van der Waals surface area contributed by atoms with Crippen LogP contribution in [-0.4, -0.2) is 150 Å². The maximum absolute atomic E-state index is 13.4. The number of carbonyl (C=O) groups excluding carboxylic acids is 1. The van der Waals surface area contributed by atoms with Crippen LogP contribution in [-0.2, 0) is 50.0 Å². The van der Waals surface area contributed by atoms with Gasteiger partial charge >= 0.3 is 0 Å². The van der Waals surface area contributed by atoms with E-state index in [9.17, 15) is 4.79 Å². The summed E-state index contributed by atoms with van der Waals surface area (Å²) in [6.07, 6.45) is -4.77. The average Bonchev–Trinajstić information content (AvgIpc) is 2.95. The average molecular weight is 929 g/mol. The summed E-state index contributed by atoms with van der Waals surface area (Å²) in [6, 6.07) is 0. The Hall–Kier alpha value is 0.328. The summed E-state index contributed by atoms with van der Waals surface area (Å²) in [6.45, 7) is 51.9. The van der Waals surface area contributed by atoms with E-state index in [1.54, 1.807) is 17.9 Å². The first-order valence-electron chi connectivity index (χ1n) is 20.9. The van der Waals surface area contributed by atoms with E-state index in [-0.39, 0.29) is 19.1 Å². The van der Waals surface area contributed by atoms with Crippen molar-refractivity contribution in [1.29, 1.82) is 0 Å². The Bertz CT molecular complexity index is 1280. The molecule has 2 aliphatic rings. The van der Waals surface area contributed by atoms with Crippen molar-refractivity contribution in [3.8, 4) is 0 Å². The van der Waals surface area contributed by atoms with Gasteiger partial charge < -0.3 is 50.1 Å². The second-order valence-electron chi connectivity index (χ2n) is 22.5. The van der Waals surface area contributed by atoms with Crippen LogP contribution in [0.2, 0.25) is 137 Å². The van der Waals surface area contributed by atoms with Gasteiger partial charge in [0.1, 0.15) is 48.8 Å². The van der Waals surface area contributed by atoms with Gasteiger partial charge in [0.15, 0.2) is 70.7 Å². The Morgan fingerprint density at radius 1 is 0.509 bits per heavy atom. The van der Waals surface area contributed by atoms with Crippen molar-refractivity contribution in [2.75, 3.05) is 19.8 Å². The molecule has 0 N–H and O–H groups in total. The lowest BCUT2D eigenvalue weighted by molar-refractivity contribution is -0.339. The van der Waals surface area contributed by atoms with Crippen LogP contribution in [0.4, 0.5) is 0 Å². The number of ether oxygens (including phenoxy) is 3. The Balaban J connectivity index is 2.99. The van der Waals surface area contributed by atoms with Crippen molar-refractivity contribution in [3.63, 3.8) is 0 Å². The zero-order chi connectivity index (χ0) is 44.3. The number of carbonyl (C=O) groups is 1. The molecule has 336 valence electrons. The van der Waals surface area contributed by atoms with Crippen LogP contribution in [0.25, 0.3) is 0 Å². The van der Waals surface area contributed by atoms with Crippen LogP contribution < -0.4 is 0 Å². The summed E-state index contributed by atoms with van der Waals surface area (Å²) in [4.78, 5) is 15.1. The normalized spacial score (nSPS) is 30.0. The standard InChI is InChI=1S/C38H85NO11Si7/c1-24-25-39(28(2)40)37-35(49-56(18,19)20)33(47-54(12,13)14)31(29(43-37)26-41-51(3,4)5)45-38-36(50-57(21,22)23)34(48-55(15,16)17)32(46-53(9,10)11)30(44-38)27-42-52(6,7)8/h24,29-38H,1,25-27H2,2-23H3/t29-,30?,31+,32+,33?,34-,35?,36?,37+,38-/m0/s1. The number of hydrogen-bond donors (Lipinski definition) is 0. The molecule has 4 unspecified atom stereocenters. The zero-order valence-electron chi connectivity index (χ0n) is 40.1. The van der Waals surface area contributed by atoms with E-state index in [2.05, 4.69) is 144 Å². The van der Waals surface area contributed by atoms with Crippen molar-refractivity contribution < 1.29 is 50.0 Å². The van der Waals surface area contributed by atoms with E-state index in [1.165, 1.54) is 0 Å². The number of rotatable bonds is 21. The predicted octanol–water partition coefficient (Wildman–Crippen LogP) is 8.66. The van der Waals surface area contributed by atoms with Crippen molar-refractivity contribution in [1.82, 2.24) is 4.90 Å². The third-order valence-corrected chi connectivity index (χ3v) is 15.3. The van der Waals surface area contributed by atoms with Gasteiger partial charge in [-0.3, -0.25) is 4.79 Å². The van der Waals surface area contributed by atoms with Crippen LogP contribution in [0.15, 0.2) is 12.7 Å². The Morgan fingerprint density at radius 3 is 1.23 bits per heavy atom. The molecule has 2 rings (SSSR count). The van der Waals surface area contributed by atoms with E-state index in [4.69, 9.17) is 45.2 Å². The molecule has 19 heteroatoms. The van der Waals surface area contributed by atoms with Crippen LogP contribution in [0.5, 0.6) is 0 Å². The lowest BCUT2D eigenvalue weighted by Gasteiger charge is -2.55. The molecule has 0 spiro atoms. The van der Waals surface area contributed by atoms with Gasteiger partial charge in [-0.15, -0.1) is 6.58 Å². The van der Waals surface area contributed by atoms with Crippen molar-refractivity contribution in [3.05, 3.63) is 12.7 Å². The summed E-state index contributed by atoms with van der Waals surface area (Å²) in [5.74, 6) is -0.149. The van der Waals surface area contributed by atoms with Gasteiger partial charge in [-0.05, 0) is 137 Å². The molecule has 0 aromatic rings. The Morgan fingerprint density at radius 2 is 0.860 bits per heavy atom. The van der Waals surface area contributed by atoms with Crippen LogP contribution >= 0.6 is 0 Å². The fourth-order valence-electron chi connectivity index (χ4n) is 6.64. The quantitative estimate of drug-likeness (QED) is 0.0815. The van der Waals surface area contributed by atoms with Gasteiger partial charge in [0.2, 0.25) is 5.91 Å². The highest BCUT2D eigenvalue weighted by Gasteiger charge is 2.57. The Kier molecular flexibility index (Phi) is 19.0. The molecule has 0 saturated carbocycles. The second-order valence-corrected chi connectivity index (χ2v) is 53.8. The highest BCUT2D eigenvalue weighted by molar-refractivity contribution is 6.72. The summed E-state index contributed by atoms with van der Waals surface area (Å²) in [7, 11) is -15.3. The summed E-state index contributed by atoms with van der Waals surface area (Å²) in [5.41, 5.74) is 0. The van der Waals surface area contributed by atoms with Crippen LogP contribution in [0.1, 0.15) is 6.92 Å². The molecule has 10 atom stereocenters. The predicted molar refractivity (Wildman–Crippen MR) is 249 cm³/mol. The number of amides is 1. The molecule has 0 aromatic heterocycles. The van der Waals surface area contributed by atoms with Crippen LogP contribution in [0, 0.1) is 0 Å². The zero-order valence-corrected chi connectivity index (χ0v) is 47.1. The first-order chi connectivity index (χ1) is 25.4. The third kappa shape index (κ3) is 19.5. The fourth-order valence-corrected chi connectivity index (χ4v) is 13.4. The molecule has 0 aromatic carbocycles. The molecule has 0 radical (unpaired) electrons. The minimum atomic E-state index is -2.33. The largest absolute Gasteiger partial charge is 0.415 e. The molecular weight excluding hydrogens is 843 g/mol. The van der Waals surface area contributed by atoms with E-state index in [0.717, 1.165) is 0 Å². The fraction of sp³-hybridized carbons (Fsp3) is 0.921. The highest BCUT2D eigenvalue weighted by atomic mass is 28.4. The first-order valence-corrected chi connectivity index (χ1v) is 44.8. The minimum Gasteiger partial charge on any atom is -0.415 e. The molecular formula is C38H85NO11Si7. The van der Waals surface area contributed by atoms with Gasteiger partial charge in [0.05, 0.1) is 13.2 Å². The summed E-state index contributed by atoms with van der Waals surface area (Å²) >= 11 is 0. The molecule has 12 nitrogen and oxygen atoms in total. The SMILES string of the molecule is C=CCN(C(C)=O)[C@@H]1O[C@@H](CO[Si](C)(C)C)[C@@H](O[C@@H]2OC(CO[Si](C)(C)C)[C@@H](O[Si](C)(C)C)[C@H](O[Si](C)(C)C)C2O[Si](C)(C)C)C(O[Si](C)(C)C)C1O[Si](C)(C)C. The van der Waals surface area contributed by atoms with E-state index in [0.29, 0.717) is 6.61 Å². The van der Waals surface area contributed by atoms with E-state index < -0.39 is 120 Å².